The maximum Gasteiger partial charge on any atom is 0.0771 e. The average Bonchev–Trinajstić information content (AvgIpc) is 3.00. The molecule has 1 aromatic carbocycles. The van der Waals surface area contributed by atoms with Crippen LogP contribution >= 0.6 is 0 Å². The van der Waals surface area contributed by atoms with Gasteiger partial charge in [0.25, 0.3) is 0 Å². The number of aromatic nitrogens is 1. The maximum absolute atomic E-state index is 4.57. The molecule has 3 nitrogen and oxygen atoms in total. The second kappa shape index (κ2) is 4.41. The lowest BCUT2D eigenvalue weighted by Gasteiger charge is -2.37. The Balaban J connectivity index is 1.89. The fraction of sp³-hybridized carbons (Fsp3) is 0.438. The molecule has 2 aliphatic rings. The molecule has 0 unspecified atom stereocenters. The van der Waals surface area contributed by atoms with E-state index in [-0.39, 0.29) is 0 Å². The van der Waals surface area contributed by atoms with Crippen molar-refractivity contribution in [2.45, 2.75) is 31.7 Å². The fourth-order valence-corrected chi connectivity index (χ4v) is 3.57. The number of fused-ring (bicyclic) bond motifs is 3. The van der Waals surface area contributed by atoms with Crippen molar-refractivity contribution in [2.75, 3.05) is 23.3 Å². The van der Waals surface area contributed by atoms with Crippen molar-refractivity contribution in [2.24, 2.45) is 0 Å². The Morgan fingerprint density at radius 3 is 2.89 bits per heavy atom. The molecule has 1 aliphatic heterocycles. The third kappa shape index (κ3) is 1.76. The van der Waals surface area contributed by atoms with Crippen molar-refractivity contribution in [3.8, 4) is 0 Å². The first kappa shape index (κ1) is 11.1. The standard InChI is InChI=1S/C16H19N3/c1-2-6-12(5-1)19-10-9-17-15-11-18-14-8-4-3-7-13(14)16(15)19/h3-4,7-8,11-12,17H,1-2,5-6,9-10H2. The summed E-state index contributed by atoms with van der Waals surface area (Å²) in [5.41, 5.74) is 3.69. The van der Waals surface area contributed by atoms with E-state index in [0.29, 0.717) is 0 Å². The Hall–Kier alpha value is -1.77. The van der Waals surface area contributed by atoms with Crippen molar-refractivity contribution in [1.82, 2.24) is 4.98 Å². The summed E-state index contributed by atoms with van der Waals surface area (Å²) in [6, 6.07) is 9.23. The zero-order valence-corrected chi connectivity index (χ0v) is 11.1. The first-order valence-corrected chi connectivity index (χ1v) is 7.32. The molecule has 4 rings (SSSR count). The first-order valence-electron chi connectivity index (χ1n) is 7.32. The molecule has 1 N–H and O–H groups in total. The second-order valence-corrected chi connectivity index (χ2v) is 5.60. The molecule has 0 saturated heterocycles. The minimum atomic E-state index is 0.728. The third-order valence-corrected chi connectivity index (χ3v) is 4.47. The highest BCUT2D eigenvalue weighted by Crippen LogP contribution is 2.39. The summed E-state index contributed by atoms with van der Waals surface area (Å²) >= 11 is 0. The number of benzene rings is 1. The van der Waals surface area contributed by atoms with Crippen LogP contribution in [0.1, 0.15) is 25.7 Å². The van der Waals surface area contributed by atoms with Gasteiger partial charge < -0.3 is 10.2 Å². The minimum absolute atomic E-state index is 0.728. The molecule has 2 heterocycles. The molecule has 98 valence electrons. The molecule has 0 radical (unpaired) electrons. The molecular formula is C16H19N3. The molecule has 2 aromatic rings. The molecule has 1 fully saturated rings. The average molecular weight is 253 g/mol. The largest absolute Gasteiger partial charge is 0.380 e. The van der Waals surface area contributed by atoms with Crippen LogP contribution in [0.3, 0.4) is 0 Å². The monoisotopic (exact) mass is 253 g/mol. The van der Waals surface area contributed by atoms with Crippen molar-refractivity contribution in [1.29, 1.82) is 0 Å². The van der Waals surface area contributed by atoms with E-state index in [2.05, 4.69) is 39.5 Å². The summed E-state index contributed by atoms with van der Waals surface area (Å²) in [4.78, 5) is 7.19. The van der Waals surface area contributed by atoms with E-state index in [0.717, 1.165) is 24.6 Å². The normalized spacial score (nSPS) is 19.5. The smallest absolute Gasteiger partial charge is 0.0771 e. The number of hydrogen-bond donors (Lipinski definition) is 1. The van der Waals surface area contributed by atoms with Gasteiger partial charge in [0.1, 0.15) is 0 Å². The van der Waals surface area contributed by atoms with Gasteiger partial charge in [-0.25, -0.2) is 0 Å². The Labute approximate surface area is 113 Å². The van der Waals surface area contributed by atoms with Crippen molar-refractivity contribution < 1.29 is 0 Å². The van der Waals surface area contributed by atoms with Crippen LogP contribution in [0.4, 0.5) is 11.4 Å². The molecule has 0 amide bonds. The van der Waals surface area contributed by atoms with Gasteiger partial charge in [-0.1, -0.05) is 31.0 Å². The number of anilines is 2. The van der Waals surface area contributed by atoms with Gasteiger partial charge in [0, 0.05) is 24.5 Å². The number of pyridine rings is 1. The molecule has 0 spiro atoms. The molecular weight excluding hydrogens is 234 g/mol. The van der Waals surface area contributed by atoms with Gasteiger partial charge in [-0.2, -0.15) is 0 Å². The number of rotatable bonds is 1. The third-order valence-electron chi connectivity index (χ3n) is 4.47. The summed E-state index contributed by atoms with van der Waals surface area (Å²) in [7, 11) is 0. The van der Waals surface area contributed by atoms with Crippen LogP contribution in [-0.4, -0.2) is 24.1 Å². The second-order valence-electron chi connectivity index (χ2n) is 5.60. The lowest BCUT2D eigenvalue weighted by atomic mass is 10.1. The van der Waals surface area contributed by atoms with Gasteiger partial charge in [-0.3, -0.25) is 4.98 Å². The molecule has 1 aliphatic carbocycles. The van der Waals surface area contributed by atoms with Crippen molar-refractivity contribution in [3.05, 3.63) is 30.5 Å². The van der Waals surface area contributed by atoms with Crippen LogP contribution in [0, 0.1) is 0 Å². The predicted octanol–water partition coefficient (Wildman–Crippen LogP) is 3.41. The first-order chi connectivity index (χ1) is 9.43. The molecule has 0 bridgehead atoms. The van der Waals surface area contributed by atoms with Crippen LogP contribution < -0.4 is 10.2 Å². The van der Waals surface area contributed by atoms with Crippen molar-refractivity contribution >= 4 is 22.3 Å². The van der Waals surface area contributed by atoms with Gasteiger partial charge in [0.2, 0.25) is 0 Å². The van der Waals surface area contributed by atoms with Gasteiger partial charge in [-0.15, -0.1) is 0 Å². The molecule has 0 atom stereocenters. The molecule has 1 aromatic heterocycles. The topological polar surface area (TPSA) is 28.2 Å². The molecule has 1 saturated carbocycles. The van der Waals surface area contributed by atoms with E-state index in [1.54, 1.807) is 0 Å². The van der Waals surface area contributed by atoms with E-state index in [1.807, 2.05) is 6.20 Å². The van der Waals surface area contributed by atoms with Crippen molar-refractivity contribution in [3.63, 3.8) is 0 Å². The summed E-state index contributed by atoms with van der Waals surface area (Å²) in [6.45, 7) is 2.15. The summed E-state index contributed by atoms with van der Waals surface area (Å²) in [5, 5.41) is 4.79. The number of nitrogens with zero attached hydrogens (tertiary/aromatic N) is 2. The lowest BCUT2D eigenvalue weighted by Crippen LogP contribution is -2.40. The van der Waals surface area contributed by atoms with Crippen LogP contribution in [-0.2, 0) is 0 Å². The molecule has 19 heavy (non-hydrogen) atoms. The SMILES string of the molecule is c1ccc2c3c(cnc2c1)NCCN3C1CCCC1. The highest BCUT2D eigenvalue weighted by atomic mass is 15.2. The van der Waals surface area contributed by atoms with Gasteiger partial charge in [0.05, 0.1) is 23.1 Å². The van der Waals surface area contributed by atoms with E-state index >= 15 is 0 Å². The summed E-state index contributed by atoms with van der Waals surface area (Å²) in [5.74, 6) is 0. The van der Waals surface area contributed by atoms with E-state index in [4.69, 9.17) is 0 Å². The zero-order chi connectivity index (χ0) is 12.7. The van der Waals surface area contributed by atoms with Crippen LogP contribution in [0.25, 0.3) is 10.9 Å². The van der Waals surface area contributed by atoms with Crippen LogP contribution in [0.2, 0.25) is 0 Å². The Bertz CT molecular complexity index is 602. The Morgan fingerprint density at radius 1 is 1.16 bits per heavy atom. The zero-order valence-electron chi connectivity index (χ0n) is 11.1. The number of hydrogen-bond acceptors (Lipinski definition) is 3. The number of para-hydroxylation sites is 1. The van der Waals surface area contributed by atoms with E-state index in [9.17, 15) is 0 Å². The predicted molar refractivity (Wildman–Crippen MR) is 79.8 cm³/mol. The number of nitrogens with one attached hydrogen (secondary N) is 1. The Morgan fingerprint density at radius 2 is 2.00 bits per heavy atom. The highest BCUT2D eigenvalue weighted by molar-refractivity contribution is 5.98. The maximum atomic E-state index is 4.57. The lowest BCUT2D eigenvalue weighted by molar-refractivity contribution is 0.608. The van der Waals surface area contributed by atoms with Gasteiger partial charge >= 0.3 is 0 Å². The van der Waals surface area contributed by atoms with Crippen LogP contribution in [0.5, 0.6) is 0 Å². The highest BCUT2D eigenvalue weighted by Gasteiger charge is 2.28. The summed E-state index contributed by atoms with van der Waals surface area (Å²) < 4.78 is 0. The minimum Gasteiger partial charge on any atom is -0.380 e. The van der Waals surface area contributed by atoms with E-state index in [1.165, 1.54) is 42.4 Å². The Kier molecular flexibility index (Phi) is 2.57. The fourth-order valence-electron chi connectivity index (χ4n) is 3.57. The quantitative estimate of drug-likeness (QED) is 0.844. The van der Waals surface area contributed by atoms with E-state index < -0.39 is 0 Å². The van der Waals surface area contributed by atoms with Gasteiger partial charge in [0.15, 0.2) is 0 Å². The summed E-state index contributed by atoms with van der Waals surface area (Å²) in [6.07, 6.45) is 7.45. The molecule has 3 heteroatoms. The van der Waals surface area contributed by atoms with Gasteiger partial charge in [-0.05, 0) is 18.9 Å². The van der Waals surface area contributed by atoms with Crippen LogP contribution in [0.15, 0.2) is 30.5 Å².